The number of aryl methyl sites for hydroxylation is 1. The highest BCUT2D eigenvalue weighted by Gasteiger charge is 2.26. The highest BCUT2D eigenvalue weighted by Crippen LogP contribution is 2.34. The van der Waals surface area contributed by atoms with Crippen molar-refractivity contribution in [2.45, 2.75) is 19.9 Å². The Labute approximate surface area is 182 Å². The van der Waals surface area contributed by atoms with Crippen molar-refractivity contribution in [1.29, 1.82) is 0 Å². The number of hydrogen-bond donors (Lipinski definition) is 0. The van der Waals surface area contributed by atoms with E-state index in [2.05, 4.69) is 13.0 Å². The van der Waals surface area contributed by atoms with Crippen molar-refractivity contribution in [3.63, 3.8) is 0 Å². The van der Waals surface area contributed by atoms with Crippen LogP contribution in [-0.4, -0.2) is 18.0 Å². The van der Waals surface area contributed by atoms with E-state index < -0.39 is 0 Å². The minimum atomic E-state index is -0.285. The van der Waals surface area contributed by atoms with Gasteiger partial charge in [0.2, 0.25) is 0 Å². The van der Waals surface area contributed by atoms with Crippen LogP contribution in [-0.2, 0) is 13.0 Å². The Morgan fingerprint density at radius 1 is 1.16 bits per heavy atom. The zero-order valence-electron chi connectivity index (χ0n) is 17.1. The lowest BCUT2D eigenvalue weighted by Gasteiger charge is -2.17. The number of rotatable bonds is 6. The van der Waals surface area contributed by atoms with Crippen molar-refractivity contribution in [3.8, 4) is 5.75 Å². The number of benzene rings is 2. The van der Waals surface area contributed by atoms with Crippen molar-refractivity contribution >= 4 is 43.6 Å². The summed E-state index contributed by atoms with van der Waals surface area (Å²) in [6.07, 6.45) is 2.47. The molecule has 31 heavy (non-hydrogen) atoms. The molecule has 156 valence electrons. The highest BCUT2D eigenvalue weighted by molar-refractivity contribution is 7.22. The molecule has 2 aromatic carbocycles. The number of carbonyl (C=O) groups excluding carboxylic acids is 1. The van der Waals surface area contributed by atoms with Crippen LogP contribution in [0.1, 0.15) is 28.8 Å². The van der Waals surface area contributed by atoms with Crippen molar-refractivity contribution in [2.24, 2.45) is 0 Å². The largest absolute Gasteiger partial charge is 0.493 e. The van der Waals surface area contributed by atoms with Crippen LogP contribution in [0, 0.1) is 0 Å². The number of nitrogens with zero attached hydrogens (tertiary/aromatic N) is 2. The lowest BCUT2D eigenvalue weighted by molar-refractivity contribution is 0.0958. The molecule has 0 aliphatic carbocycles. The van der Waals surface area contributed by atoms with Gasteiger partial charge in [-0.15, -0.1) is 0 Å². The predicted molar refractivity (Wildman–Crippen MR) is 121 cm³/mol. The molecule has 0 unspecified atom stereocenters. The SMILES string of the molecule is CCc1cccc2sc(N(Cc3ccco3)C(=O)c3cc4cccc(OC)c4o3)nc12. The number of ether oxygens (including phenoxy) is 1. The fourth-order valence-electron chi connectivity index (χ4n) is 3.61. The van der Waals surface area contributed by atoms with Crippen LogP contribution in [0.5, 0.6) is 5.75 Å². The minimum Gasteiger partial charge on any atom is -0.493 e. The van der Waals surface area contributed by atoms with Crippen molar-refractivity contribution in [1.82, 2.24) is 4.98 Å². The molecule has 0 aliphatic rings. The van der Waals surface area contributed by atoms with Gasteiger partial charge in [0, 0.05) is 5.39 Å². The Morgan fingerprint density at radius 2 is 2.03 bits per heavy atom. The summed E-state index contributed by atoms with van der Waals surface area (Å²) in [7, 11) is 1.58. The van der Waals surface area contributed by atoms with Crippen LogP contribution in [0.4, 0.5) is 5.13 Å². The molecule has 0 radical (unpaired) electrons. The van der Waals surface area contributed by atoms with Gasteiger partial charge in [0.1, 0.15) is 5.76 Å². The smallest absolute Gasteiger partial charge is 0.296 e. The molecular formula is C24H20N2O4S. The van der Waals surface area contributed by atoms with Gasteiger partial charge >= 0.3 is 0 Å². The van der Waals surface area contributed by atoms with Crippen molar-refractivity contribution in [3.05, 3.63) is 77.9 Å². The van der Waals surface area contributed by atoms with E-state index in [1.165, 1.54) is 11.3 Å². The predicted octanol–water partition coefficient (Wildman–Crippen LogP) is 6.05. The van der Waals surface area contributed by atoms with Crippen LogP contribution < -0.4 is 9.64 Å². The van der Waals surface area contributed by atoms with Crippen LogP contribution in [0.3, 0.4) is 0 Å². The van der Waals surface area contributed by atoms with Gasteiger partial charge in [-0.1, -0.05) is 42.5 Å². The zero-order valence-corrected chi connectivity index (χ0v) is 17.9. The first-order valence-electron chi connectivity index (χ1n) is 9.97. The molecule has 3 aromatic heterocycles. The van der Waals surface area contributed by atoms with Gasteiger partial charge in [0.05, 0.1) is 30.1 Å². The molecule has 6 nitrogen and oxygen atoms in total. The van der Waals surface area contributed by atoms with E-state index in [4.69, 9.17) is 18.6 Å². The molecule has 0 saturated carbocycles. The molecule has 5 rings (SSSR count). The quantitative estimate of drug-likeness (QED) is 0.326. The summed E-state index contributed by atoms with van der Waals surface area (Å²) in [5.74, 6) is 1.19. The average molecular weight is 433 g/mol. The van der Waals surface area contributed by atoms with E-state index in [0.717, 1.165) is 27.6 Å². The maximum Gasteiger partial charge on any atom is 0.296 e. The number of thiazole rings is 1. The number of amides is 1. The number of hydrogen-bond acceptors (Lipinski definition) is 6. The number of carbonyl (C=O) groups is 1. The van der Waals surface area contributed by atoms with E-state index >= 15 is 0 Å². The second kappa shape index (κ2) is 7.92. The summed E-state index contributed by atoms with van der Waals surface area (Å²) in [5.41, 5.74) is 2.62. The maximum atomic E-state index is 13.6. The summed E-state index contributed by atoms with van der Waals surface area (Å²) in [6, 6.07) is 17.1. The van der Waals surface area contributed by atoms with Crippen LogP contribution >= 0.6 is 11.3 Å². The van der Waals surface area contributed by atoms with E-state index in [1.54, 1.807) is 36.5 Å². The van der Waals surface area contributed by atoms with E-state index in [-0.39, 0.29) is 18.2 Å². The summed E-state index contributed by atoms with van der Waals surface area (Å²) in [5, 5.41) is 1.41. The topological polar surface area (TPSA) is 68.7 Å². The fraction of sp³-hybridized carbons (Fsp3) is 0.167. The van der Waals surface area contributed by atoms with E-state index in [0.29, 0.717) is 22.2 Å². The van der Waals surface area contributed by atoms with Gasteiger partial charge in [0.25, 0.3) is 5.91 Å². The van der Waals surface area contributed by atoms with Crippen molar-refractivity contribution < 1.29 is 18.4 Å². The monoisotopic (exact) mass is 432 g/mol. The van der Waals surface area contributed by atoms with Gasteiger partial charge in [-0.3, -0.25) is 9.69 Å². The third-order valence-corrected chi connectivity index (χ3v) is 6.22. The minimum absolute atomic E-state index is 0.223. The first kappa shape index (κ1) is 19.4. The third-order valence-electron chi connectivity index (χ3n) is 5.18. The van der Waals surface area contributed by atoms with Gasteiger partial charge in [-0.2, -0.15) is 0 Å². The fourth-order valence-corrected chi connectivity index (χ4v) is 4.63. The molecule has 3 heterocycles. The van der Waals surface area contributed by atoms with Crippen LogP contribution in [0.15, 0.2) is 69.7 Å². The molecule has 0 atom stereocenters. The third kappa shape index (κ3) is 3.47. The lowest BCUT2D eigenvalue weighted by Crippen LogP contribution is -2.29. The van der Waals surface area contributed by atoms with Gasteiger partial charge in [0.15, 0.2) is 22.2 Å². The Bertz CT molecular complexity index is 1370. The summed E-state index contributed by atoms with van der Waals surface area (Å²) >= 11 is 1.48. The molecular weight excluding hydrogens is 412 g/mol. The summed E-state index contributed by atoms with van der Waals surface area (Å²) < 4.78 is 17.9. The van der Waals surface area contributed by atoms with Crippen molar-refractivity contribution in [2.75, 3.05) is 12.0 Å². The first-order valence-corrected chi connectivity index (χ1v) is 10.8. The first-order chi connectivity index (χ1) is 15.2. The maximum absolute atomic E-state index is 13.6. The summed E-state index contributed by atoms with van der Waals surface area (Å²) in [6.45, 7) is 2.35. The highest BCUT2D eigenvalue weighted by atomic mass is 32.1. The van der Waals surface area contributed by atoms with Gasteiger partial charge in [-0.05, 0) is 42.3 Å². The summed E-state index contributed by atoms with van der Waals surface area (Å²) in [4.78, 5) is 20.0. The molecule has 7 heteroatoms. The molecule has 1 amide bonds. The lowest BCUT2D eigenvalue weighted by atomic mass is 10.1. The Morgan fingerprint density at radius 3 is 2.81 bits per heavy atom. The Hall–Kier alpha value is -3.58. The number of furan rings is 2. The molecule has 0 spiro atoms. The second-order valence-corrected chi connectivity index (χ2v) is 8.08. The van der Waals surface area contributed by atoms with Crippen LogP contribution in [0.2, 0.25) is 0 Å². The molecule has 0 aliphatic heterocycles. The van der Waals surface area contributed by atoms with Gasteiger partial charge < -0.3 is 13.6 Å². The number of fused-ring (bicyclic) bond motifs is 2. The van der Waals surface area contributed by atoms with Gasteiger partial charge in [-0.25, -0.2) is 4.98 Å². The normalized spacial score (nSPS) is 11.3. The average Bonchev–Trinajstić information content (AvgIpc) is 3.55. The molecule has 0 bridgehead atoms. The number of para-hydroxylation sites is 2. The standard InChI is InChI=1S/C24H20N2O4S/c1-3-15-7-5-11-20-21(15)25-24(31-20)26(14-17-9-6-12-29-17)23(27)19-13-16-8-4-10-18(28-2)22(16)30-19/h4-13H,3,14H2,1-2H3. The Kier molecular flexibility index (Phi) is 4.95. The zero-order chi connectivity index (χ0) is 21.4. The molecule has 0 N–H and O–H groups in total. The number of methoxy groups -OCH3 is 1. The molecule has 0 saturated heterocycles. The van der Waals surface area contributed by atoms with Crippen LogP contribution in [0.25, 0.3) is 21.2 Å². The number of aromatic nitrogens is 1. The second-order valence-electron chi connectivity index (χ2n) is 7.07. The Balaban J connectivity index is 1.60. The molecule has 0 fully saturated rings. The van der Waals surface area contributed by atoms with E-state index in [9.17, 15) is 4.79 Å². The molecule has 5 aromatic rings. The number of anilines is 1. The van der Waals surface area contributed by atoms with E-state index in [1.807, 2.05) is 30.3 Å².